The topological polar surface area (TPSA) is 9.23 Å². The number of methoxy groups -OCH3 is 1. The van der Waals surface area contributed by atoms with Gasteiger partial charge in [0.1, 0.15) is 5.75 Å². The fraction of sp³-hybridized carbons (Fsp3) is 0.0476. The second kappa shape index (κ2) is 7.97. The average Bonchev–Trinajstić information content (AvgIpc) is 2.65. The number of benzene rings is 3. The van der Waals surface area contributed by atoms with E-state index in [0.29, 0.717) is 15.1 Å². The van der Waals surface area contributed by atoms with Gasteiger partial charge < -0.3 is 4.74 Å². The molecule has 0 N–H and O–H groups in total. The molecular formula is C21H15Cl3O. The van der Waals surface area contributed by atoms with Crippen LogP contribution in [0.2, 0.25) is 10.0 Å². The van der Waals surface area contributed by atoms with Crippen LogP contribution in [0.15, 0.2) is 72.8 Å². The lowest BCUT2D eigenvalue weighted by molar-refractivity contribution is 0.415. The summed E-state index contributed by atoms with van der Waals surface area (Å²) in [5.74, 6) is 0.785. The maximum absolute atomic E-state index is 6.79. The first kappa shape index (κ1) is 17.9. The molecule has 3 aromatic rings. The van der Waals surface area contributed by atoms with Crippen LogP contribution in [0.3, 0.4) is 0 Å². The molecule has 4 heteroatoms. The molecule has 0 amide bonds. The minimum absolute atomic E-state index is 0.646. The Bertz CT molecular complexity index is 832. The highest BCUT2D eigenvalue weighted by atomic mass is 35.5. The number of rotatable bonds is 4. The van der Waals surface area contributed by atoms with Gasteiger partial charge >= 0.3 is 0 Å². The molecule has 0 unspecified atom stereocenters. The van der Waals surface area contributed by atoms with Crippen LogP contribution in [0.4, 0.5) is 0 Å². The third kappa shape index (κ3) is 4.19. The summed E-state index contributed by atoms with van der Waals surface area (Å²) < 4.78 is 5.22. The van der Waals surface area contributed by atoms with Crippen molar-refractivity contribution >= 4 is 45.4 Å². The minimum Gasteiger partial charge on any atom is -0.497 e. The largest absolute Gasteiger partial charge is 0.497 e. The zero-order valence-electron chi connectivity index (χ0n) is 13.5. The molecule has 3 rings (SSSR count). The fourth-order valence-electron chi connectivity index (χ4n) is 2.53. The van der Waals surface area contributed by atoms with Crippen LogP contribution in [-0.2, 0) is 0 Å². The fourth-order valence-corrected chi connectivity index (χ4v) is 3.13. The second-order valence-corrected chi connectivity index (χ2v) is 6.68. The Balaban J connectivity index is 2.17. The zero-order chi connectivity index (χ0) is 17.8. The Kier molecular flexibility index (Phi) is 5.70. The first-order valence-corrected chi connectivity index (χ1v) is 8.78. The number of halogens is 3. The molecule has 0 bridgehead atoms. The monoisotopic (exact) mass is 388 g/mol. The zero-order valence-corrected chi connectivity index (χ0v) is 15.7. The molecule has 0 radical (unpaired) electrons. The second-order valence-electron chi connectivity index (χ2n) is 5.43. The van der Waals surface area contributed by atoms with Crippen molar-refractivity contribution in [2.24, 2.45) is 0 Å². The summed E-state index contributed by atoms with van der Waals surface area (Å²) in [6.45, 7) is 0. The number of ether oxygens (including phenoxy) is 1. The summed E-state index contributed by atoms with van der Waals surface area (Å²) in [6, 6.07) is 22.9. The minimum atomic E-state index is 0.646. The molecule has 3 aromatic carbocycles. The van der Waals surface area contributed by atoms with E-state index in [-0.39, 0.29) is 0 Å². The van der Waals surface area contributed by atoms with Crippen molar-refractivity contribution in [1.29, 1.82) is 0 Å². The van der Waals surface area contributed by atoms with Gasteiger partial charge in [0, 0.05) is 15.6 Å². The molecule has 0 aliphatic carbocycles. The molecule has 0 aliphatic rings. The predicted octanol–water partition coefficient (Wildman–Crippen LogP) is 7.16. The summed E-state index contributed by atoms with van der Waals surface area (Å²) in [5, 5.41) is 2.01. The van der Waals surface area contributed by atoms with Crippen molar-refractivity contribution in [3.8, 4) is 5.75 Å². The van der Waals surface area contributed by atoms with Crippen molar-refractivity contribution in [3.63, 3.8) is 0 Å². The average molecular weight is 390 g/mol. The van der Waals surface area contributed by atoms with Crippen LogP contribution in [-0.4, -0.2) is 7.11 Å². The van der Waals surface area contributed by atoms with E-state index < -0.39 is 0 Å². The molecule has 0 saturated carbocycles. The quantitative estimate of drug-likeness (QED) is 0.430. The normalized spacial score (nSPS) is 10.4. The van der Waals surface area contributed by atoms with E-state index in [4.69, 9.17) is 39.5 Å². The molecule has 0 heterocycles. The van der Waals surface area contributed by atoms with Crippen LogP contribution in [0, 0.1) is 0 Å². The van der Waals surface area contributed by atoms with Crippen LogP contribution >= 0.6 is 34.8 Å². The van der Waals surface area contributed by atoms with Crippen LogP contribution < -0.4 is 4.74 Å². The predicted molar refractivity (Wildman–Crippen MR) is 108 cm³/mol. The van der Waals surface area contributed by atoms with E-state index in [1.54, 1.807) is 7.11 Å². The van der Waals surface area contributed by atoms with Gasteiger partial charge in [0.15, 0.2) is 0 Å². The van der Waals surface area contributed by atoms with Crippen molar-refractivity contribution in [2.75, 3.05) is 7.11 Å². The van der Waals surface area contributed by atoms with E-state index >= 15 is 0 Å². The maximum atomic E-state index is 6.79. The van der Waals surface area contributed by atoms with Gasteiger partial charge in [-0.1, -0.05) is 59.1 Å². The van der Waals surface area contributed by atoms with Crippen molar-refractivity contribution in [2.45, 2.75) is 0 Å². The van der Waals surface area contributed by atoms with Gasteiger partial charge in [0.05, 0.1) is 12.1 Å². The van der Waals surface area contributed by atoms with Crippen LogP contribution in [0.5, 0.6) is 5.75 Å². The Morgan fingerprint density at radius 3 is 1.44 bits per heavy atom. The van der Waals surface area contributed by atoms with Gasteiger partial charge in [-0.15, -0.1) is 0 Å². The lowest BCUT2D eigenvalue weighted by Crippen LogP contribution is -1.92. The first-order valence-electron chi connectivity index (χ1n) is 7.64. The van der Waals surface area contributed by atoms with E-state index in [0.717, 1.165) is 28.0 Å². The van der Waals surface area contributed by atoms with Crippen LogP contribution in [0.25, 0.3) is 10.6 Å². The van der Waals surface area contributed by atoms with Crippen molar-refractivity contribution < 1.29 is 4.74 Å². The highest BCUT2D eigenvalue weighted by Crippen LogP contribution is 2.36. The van der Waals surface area contributed by atoms with Gasteiger partial charge in [0.25, 0.3) is 0 Å². The lowest BCUT2D eigenvalue weighted by Gasteiger charge is -2.13. The van der Waals surface area contributed by atoms with E-state index in [9.17, 15) is 0 Å². The highest BCUT2D eigenvalue weighted by molar-refractivity contribution is 6.53. The summed E-state index contributed by atoms with van der Waals surface area (Å²) >= 11 is 18.9. The van der Waals surface area contributed by atoms with Gasteiger partial charge in [0.2, 0.25) is 0 Å². The smallest absolute Gasteiger partial charge is 0.118 e. The number of hydrogen-bond donors (Lipinski definition) is 0. The van der Waals surface area contributed by atoms with Crippen LogP contribution in [0.1, 0.15) is 16.7 Å². The van der Waals surface area contributed by atoms with Gasteiger partial charge in [-0.2, -0.15) is 0 Å². The molecule has 0 aliphatic heterocycles. The molecule has 25 heavy (non-hydrogen) atoms. The van der Waals surface area contributed by atoms with E-state index in [2.05, 4.69) is 0 Å². The summed E-state index contributed by atoms with van der Waals surface area (Å²) in [7, 11) is 1.64. The molecule has 1 nitrogen and oxygen atoms in total. The summed E-state index contributed by atoms with van der Waals surface area (Å²) in [5.41, 5.74) is 3.78. The maximum Gasteiger partial charge on any atom is 0.118 e. The van der Waals surface area contributed by atoms with Crippen molar-refractivity contribution in [1.82, 2.24) is 0 Å². The third-order valence-electron chi connectivity index (χ3n) is 3.83. The summed E-state index contributed by atoms with van der Waals surface area (Å²) in [4.78, 5) is 0. The Labute approximate surface area is 162 Å². The lowest BCUT2D eigenvalue weighted by atomic mass is 9.95. The van der Waals surface area contributed by atoms with Gasteiger partial charge in [-0.05, 0) is 65.2 Å². The molecule has 0 aromatic heterocycles. The SMILES string of the molecule is COc1ccc(C(Cl)=C(c2ccc(Cl)cc2)c2ccc(Cl)cc2)cc1. The van der Waals surface area contributed by atoms with Gasteiger partial charge in [-0.25, -0.2) is 0 Å². The summed E-state index contributed by atoms with van der Waals surface area (Å²) in [6.07, 6.45) is 0. The number of hydrogen-bond acceptors (Lipinski definition) is 1. The van der Waals surface area contributed by atoms with Gasteiger partial charge in [-0.3, -0.25) is 0 Å². The standard InChI is InChI=1S/C21H15Cl3O/c1-25-19-12-6-16(7-13-19)21(24)20(14-2-8-17(22)9-3-14)15-4-10-18(23)11-5-15/h2-13H,1H3. The molecule has 0 atom stereocenters. The first-order chi connectivity index (χ1) is 12.1. The molecule has 0 saturated heterocycles. The van der Waals surface area contributed by atoms with E-state index in [1.165, 1.54) is 0 Å². The molecule has 0 spiro atoms. The highest BCUT2D eigenvalue weighted by Gasteiger charge is 2.13. The Morgan fingerprint density at radius 1 is 0.640 bits per heavy atom. The Hall–Kier alpha value is -1.93. The van der Waals surface area contributed by atoms with Crippen molar-refractivity contribution in [3.05, 3.63) is 99.5 Å². The molecular weight excluding hydrogens is 375 g/mol. The molecule has 0 fully saturated rings. The molecule has 126 valence electrons. The van der Waals surface area contributed by atoms with E-state index in [1.807, 2.05) is 72.8 Å². The Morgan fingerprint density at radius 2 is 1.04 bits per heavy atom. The third-order valence-corrected chi connectivity index (χ3v) is 4.74.